The summed E-state index contributed by atoms with van der Waals surface area (Å²) in [6.45, 7) is 2.15. The summed E-state index contributed by atoms with van der Waals surface area (Å²) in [4.78, 5) is 10.2. The highest BCUT2D eigenvalue weighted by Crippen LogP contribution is 1.91. The molecule has 0 aliphatic carbocycles. The monoisotopic (exact) mass is 163 g/mol. The number of nitrogens with two attached hydrogens (primary N) is 1. The summed E-state index contributed by atoms with van der Waals surface area (Å²) in [6.07, 6.45) is -1.13. The molecule has 0 aliphatic heterocycles. The molecule has 0 aromatic carbocycles. The first-order valence-electron chi connectivity index (χ1n) is 3.33. The van der Waals surface area contributed by atoms with E-state index >= 15 is 0 Å². The lowest BCUT2D eigenvalue weighted by Gasteiger charge is -2.13. The standard InChI is InChI=1S/C6H13NO4/c1-2-11-3-4(8)5(7)6(9)10/h4-5,8H,2-3,7H2,1H3,(H,9,10). The molecule has 0 saturated heterocycles. The molecule has 0 heterocycles. The predicted molar refractivity (Wildman–Crippen MR) is 38.1 cm³/mol. The van der Waals surface area contributed by atoms with Crippen LogP contribution in [0.5, 0.6) is 0 Å². The summed E-state index contributed by atoms with van der Waals surface area (Å²) in [7, 11) is 0. The van der Waals surface area contributed by atoms with E-state index in [1.165, 1.54) is 0 Å². The highest BCUT2D eigenvalue weighted by atomic mass is 16.5. The van der Waals surface area contributed by atoms with Gasteiger partial charge in [-0.25, -0.2) is 0 Å². The van der Waals surface area contributed by atoms with Crippen LogP contribution < -0.4 is 5.73 Å². The number of aliphatic hydroxyl groups excluding tert-OH is 1. The van der Waals surface area contributed by atoms with E-state index in [4.69, 9.17) is 20.7 Å². The quantitative estimate of drug-likeness (QED) is 0.473. The van der Waals surface area contributed by atoms with Gasteiger partial charge in [-0.05, 0) is 6.92 Å². The predicted octanol–water partition coefficient (Wildman–Crippen LogP) is -1.20. The van der Waals surface area contributed by atoms with E-state index in [-0.39, 0.29) is 6.61 Å². The van der Waals surface area contributed by atoms with Crippen LogP contribution in [-0.2, 0) is 9.53 Å². The lowest BCUT2D eigenvalue weighted by Crippen LogP contribution is -2.44. The zero-order chi connectivity index (χ0) is 8.85. The molecule has 66 valence electrons. The van der Waals surface area contributed by atoms with Crippen LogP contribution in [0.2, 0.25) is 0 Å². The van der Waals surface area contributed by atoms with Crippen molar-refractivity contribution in [1.29, 1.82) is 0 Å². The molecule has 0 aromatic rings. The highest BCUT2D eigenvalue weighted by molar-refractivity contribution is 5.73. The maximum atomic E-state index is 10.2. The average molecular weight is 163 g/mol. The molecule has 5 nitrogen and oxygen atoms in total. The molecule has 0 rings (SSSR count). The minimum absolute atomic E-state index is 0.0377. The minimum atomic E-state index is -1.26. The first-order valence-corrected chi connectivity index (χ1v) is 3.33. The van der Waals surface area contributed by atoms with Gasteiger partial charge < -0.3 is 20.7 Å². The zero-order valence-electron chi connectivity index (χ0n) is 6.36. The third-order valence-electron chi connectivity index (χ3n) is 1.19. The number of carboxylic acids is 1. The molecule has 0 aromatic heterocycles. The molecular weight excluding hydrogens is 150 g/mol. The SMILES string of the molecule is CCOCC(O)C(N)C(=O)O. The number of carbonyl (C=O) groups is 1. The van der Waals surface area contributed by atoms with E-state index < -0.39 is 18.1 Å². The molecule has 2 unspecified atom stereocenters. The Kier molecular flexibility index (Phi) is 4.76. The molecule has 0 aliphatic rings. The third kappa shape index (κ3) is 3.92. The van der Waals surface area contributed by atoms with Crippen LogP contribution in [0.3, 0.4) is 0 Å². The summed E-state index contributed by atoms with van der Waals surface area (Å²) < 4.78 is 4.77. The van der Waals surface area contributed by atoms with Gasteiger partial charge in [0.15, 0.2) is 0 Å². The Hall–Kier alpha value is -0.650. The van der Waals surface area contributed by atoms with Crippen molar-refractivity contribution in [2.24, 2.45) is 5.73 Å². The molecule has 0 amide bonds. The summed E-state index contributed by atoms with van der Waals surface area (Å²) in [5.41, 5.74) is 5.07. The van der Waals surface area contributed by atoms with Gasteiger partial charge in [-0.1, -0.05) is 0 Å². The molecule has 0 bridgehead atoms. The third-order valence-corrected chi connectivity index (χ3v) is 1.19. The topological polar surface area (TPSA) is 92.8 Å². The summed E-state index contributed by atoms with van der Waals surface area (Å²) >= 11 is 0. The maximum absolute atomic E-state index is 10.2. The molecule has 4 N–H and O–H groups in total. The largest absolute Gasteiger partial charge is 0.480 e. The van der Waals surface area contributed by atoms with Gasteiger partial charge in [-0.2, -0.15) is 0 Å². The summed E-state index contributed by atoms with van der Waals surface area (Å²) in [5.74, 6) is -1.22. The van der Waals surface area contributed by atoms with Crippen LogP contribution in [0.4, 0.5) is 0 Å². The number of aliphatic hydroxyl groups is 1. The molecule has 0 fully saturated rings. The second kappa shape index (κ2) is 5.06. The Labute approximate surface area is 64.8 Å². The molecular formula is C6H13NO4. The van der Waals surface area contributed by atoms with Crippen molar-refractivity contribution in [2.45, 2.75) is 19.1 Å². The Morgan fingerprint density at radius 1 is 1.73 bits per heavy atom. The van der Waals surface area contributed by atoms with Gasteiger partial charge >= 0.3 is 5.97 Å². The lowest BCUT2D eigenvalue weighted by atomic mass is 10.2. The number of aliphatic carboxylic acids is 1. The van der Waals surface area contributed by atoms with Gasteiger partial charge in [0.1, 0.15) is 12.1 Å². The first-order chi connectivity index (χ1) is 5.09. The Morgan fingerprint density at radius 3 is 2.64 bits per heavy atom. The van der Waals surface area contributed by atoms with E-state index in [9.17, 15) is 4.79 Å². The van der Waals surface area contributed by atoms with E-state index in [0.29, 0.717) is 6.61 Å². The minimum Gasteiger partial charge on any atom is -0.480 e. The van der Waals surface area contributed by atoms with Crippen LogP contribution in [0.1, 0.15) is 6.92 Å². The van der Waals surface area contributed by atoms with Crippen LogP contribution in [0, 0.1) is 0 Å². The molecule has 11 heavy (non-hydrogen) atoms. The molecule has 0 saturated carbocycles. The number of rotatable bonds is 5. The number of ether oxygens (including phenoxy) is 1. The molecule has 5 heteroatoms. The van der Waals surface area contributed by atoms with E-state index in [1.54, 1.807) is 6.92 Å². The lowest BCUT2D eigenvalue weighted by molar-refractivity contribution is -0.142. The second-order valence-corrected chi connectivity index (χ2v) is 2.09. The van der Waals surface area contributed by atoms with Gasteiger partial charge in [-0.15, -0.1) is 0 Å². The first kappa shape index (κ1) is 10.3. The van der Waals surface area contributed by atoms with Gasteiger partial charge in [0, 0.05) is 6.61 Å². The fourth-order valence-electron chi connectivity index (χ4n) is 0.507. The molecule has 0 spiro atoms. The molecule has 2 atom stereocenters. The van der Waals surface area contributed by atoms with Crippen LogP contribution >= 0.6 is 0 Å². The second-order valence-electron chi connectivity index (χ2n) is 2.09. The van der Waals surface area contributed by atoms with Gasteiger partial charge in [-0.3, -0.25) is 4.79 Å². The van der Waals surface area contributed by atoms with Crippen molar-refractivity contribution in [3.8, 4) is 0 Å². The zero-order valence-corrected chi connectivity index (χ0v) is 6.36. The van der Waals surface area contributed by atoms with E-state index in [2.05, 4.69) is 0 Å². The van der Waals surface area contributed by atoms with Crippen molar-refractivity contribution >= 4 is 5.97 Å². The van der Waals surface area contributed by atoms with Crippen molar-refractivity contribution in [2.75, 3.05) is 13.2 Å². The fourth-order valence-corrected chi connectivity index (χ4v) is 0.507. The van der Waals surface area contributed by atoms with Crippen molar-refractivity contribution in [1.82, 2.24) is 0 Å². The van der Waals surface area contributed by atoms with Crippen molar-refractivity contribution in [3.05, 3.63) is 0 Å². The Bertz CT molecular complexity index is 128. The number of hydrogen-bond acceptors (Lipinski definition) is 4. The number of hydrogen-bond donors (Lipinski definition) is 3. The van der Waals surface area contributed by atoms with Crippen LogP contribution in [-0.4, -0.2) is 41.5 Å². The normalized spacial score (nSPS) is 15.9. The van der Waals surface area contributed by atoms with Gasteiger partial charge in [0.05, 0.1) is 6.61 Å². The van der Waals surface area contributed by atoms with E-state index in [1.807, 2.05) is 0 Å². The number of carboxylic acid groups (broad SMARTS) is 1. The van der Waals surface area contributed by atoms with E-state index in [0.717, 1.165) is 0 Å². The van der Waals surface area contributed by atoms with Crippen molar-refractivity contribution in [3.63, 3.8) is 0 Å². The smallest absolute Gasteiger partial charge is 0.323 e. The van der Waals surface area contributed by atoms with Gasteiger partial charge in [0.2, 0.25) is 0 Å². The van der Waals surface area contributed by atoms with Crippen molar-refractivity contribution < 1.29 is 19.7 Å². The van der Waals surface area contributed by atoms with Gasteiger partial charge in [0.25, 0.3) is 0 Å². The van der Waals surface area contributed by atoms with Crippen LogP contribution in [0.25, 0.3) is 0 Å². The fraction of sp³-hybridized carbons (Fsp3) is 0.833. The van der Waals surface area contributed by atoms with Crippen LogP contribution in [0.15, 0.2) is 0 Å². The average Bonchev–Trinajstić information content (AvgIpc) is 1.98. The Balaban J connectivity index is 3.63. The molecule has 0 radical (unpaired) electrons. The highest BCUT2D eigenvalue weighted by Gasteiger charge is 2.21. The summed E-state index contributed by atoms with van der Waals surface area (Å²) in [6, 6.07) is -1.26. The Morgan fingerprint density at radius 2 is 2.27 bits per heavy atom. The summed E-state index contributed by atoms with van der Waals surface area (Å²) in [5, 5.41) is 17.3. The maximum Gasteiger partial charge on any atom is 0.323 e.